The number of imidazole rings is 1. The van der Waals surface area contributed by atoms with Gasteiger partial charge in [0, 0.05) is 21.1 Å². The van der Waals surface area contributed by atoms with Gasteiger partial charge in [-0.1, -0.05) is 67.4 Å². The summed E-state index contributed by atoms with van der Waals surface area (Å²) >= 11 is 10.1. The molecule has 2 fully saturated rings. The number of aliphatic hydroxyl groups is 1. The molecule has 1 amide bonds. The molecule has 7 heteroatoms. The SMILES string of the molecule is CCc1c(C(=O)N[C@H]2[C@@H]3CC[C@](C)([C@H]2O)C3(C)C)nc(-c2ccccc2Cl)n1-c1ccc(Br)cc1. The molecule has 184 valence electrons. The molecular weight excluding hydrogens is 526 g/mol. The summed E-state index contributed by atoms with van der Waals surface area (Å²) in [5.41, 5.74) is 2.60. The molecular formula is C28H31BrClN3O2. The van der Waals surface area contributed by atoms with Gasteiger partial charge in [-0.25, -0.2) is 4.98 Å². The first kappa shape index (κ1) is 24.5. The summed E-state index contributed by atoms with van der Waals surface area (Å²) in [7, 11) is 0. The average molecular weight is 557 g/mol. The number of fused-ring (bicyclic) bond motifs is 2. The highest BCUT2D eigenvalue weighted by Crippen LogP contribution is 2.65. The molecule has 2 N–H and O–H groups in total. The van der Waals surface area contributed by atoms with Crippen LogP contribution in [0.1, 0.15) is 56.7 Å². The number of aromatic nitrogens is 2. The second-order valence-corrected chi connectivity index (χ2v) is 11.9. The zero-order valence-corrected chi connectivity index (χ0v) is 22.8. The molecule has 4 atom stereocenters. The van der Waals surface area contributed by atoms with Gasteiger partial charge in [-0.05, 0) is 67.0 Å². The highest BCUT2D eigenvalue weighted by molar-refractivity contribution is 9.10. The Bertz CT molecular complexity index is 1290. The van der Waals surface area contributed by atoms with Crippen molar-refractivity contribution in [3.05, 3.63) is 69.4 Å². The molecule has 2 aliphatic rings. The summed E-state index contributed by atoms with van der Waals surface area (Å²) < 4.78 is 2.99. The number of aliphatic hydroxyl groups excluding tert-OH is 1. The molecule has 1 heterocycles. The van der Waals surface area contributed by atoms with E-state index < -0.39 is 6.10 Å². The number of benzene rings is 2. The monoisotopic (exact) mass is 555 g/mol. The van der Waals surface area contributed by atoms with Gasteiger partial charge in [-0.3, -0.25) is 9.36 Å². The van der Waals surface area contributed by atoms with Gasteiger partial charge in [0.05, 0.1) is 22.9 Å². The van der Waals surface area contributed by atoms with Crippen molar-refractivity contribution in [3.63, 3.8) is 0 Å². The van der Waals surface area contributed by atoms with E-state index in [9.17, 15) is 9.90 Å². The van der Waals surface area contributed by atoms with Crippen LogP contribution in [0.4, 0.5) is 0 Å². The Morgan fingerprint density at radius 3 is 2.49 bits per heavy atom. The van der Waals surface area contributed by atoms with E-state index in [1.165, 1.54) is 0 Å². The number of halogens is 2. The number of nitrogens with one attached hydrogen (secondary N) is 1. The molecule has 3 aromatic rings. The van der Waals surface area contributed by atoms with E-state index in [1.54, 1.807) is 0 Å². The first-order valence-electron chi connectivity index (χ1n) is 12.2. The molecule has 5 nitrogen and oxygen atoms in total. The lowest BCUT2D eigenvalue weighted by Gasteiger charge is -2.37. The average Bonchev–Trinajstić information content (AvgIpc) is 3.37. The van der Waals surface area contributed by atoms with Crippen LogP contribution in [0.25, 0.3) is 17.1 Å². The number of carbonyl (C=O) groups excluding carboxylic acids is 1. The first-order valence-corrected chi connectivity index (χ1v) is 13.4. The van der Waals surface area contributed by atoms with Crippen molar-refractivity contribution in [1.82, 2.24) is 14.9 Å². The summed E-state index contributed by atoms with van der Waals surface area (Å²) in [5, 5.41) is 15.0. The lowest BCUT2D eigenvalue weighted by atomic mass is 9.70. The fraction of sp³-hybridized carbons (Fsp3) is 0.429. The number of nitrogens with zero attached hydrogens (tertiary/aromatic N) is 2. The molecule has 0 unspecified atom stereocenters. The lowest BCUT2D eigenvalue weighted by molar-refractivity contribution is 0.000457. The smallest absolute Gasteiger partial charge is 0.272 e. The van der Waals surface area contributed by atoms with Crippen LogP contribution in [0.5, 0.6) is 0 Å². The third-order valence-corrected chi connectivity index (χ3v) is 9.68. The van der Waals surface area contributed by atoms with E-state index in [0.29, 0.717) is 23.0 Å². The Morgan fingerprint density at radius 1 is 1.20 bits per heavy atom. The minimum atomic E-state index is -0.582. The molecule has 0 spiro atoms. The number of carbonyl (C=O) groups is 1. The summed E-state index contributed by atoms with van der Waals surface area (Å²) in [6, 6.07) is 15.2. The Hall–Kier alpha value is -2.15. The molecule has 2 aromatic carbocycles. The van der Waals surface area contributed by atoms with Crippen LogP contribution in [0.3, 0.4) is 0 Å². The van der Waals surface area contributed by atoms with Gasteiger partial charge in [0.2, 0.25) is 0 Å². The fourth-order valence-corrected chi connectivity index (χ4v) is 6.87. The van der Waals surface area contributed by atoms with Crippen LogP contribution >= 0.6 is 27.5 Å². The predicted octanol–water partition coefficient (Wildman–Crippen LogP) is 6.43. The second-order valence-electron chi connectivity index (χ2n) is 10.6. The minimum absolute atomic E-state index is 0.0442. The summed E-state index contributed by atoms with van der Waals surface area (Å²) in [4.78, 5) is 18.6. The third-order valence-electron chi connectivity index (χ3n) is 8.82. The maximum Gasteiger partial charge on any atom is 0.272 e. The predicted molar refractivity (Wildman–Crippen MR) is 143 cm³/mol. The topological polar surface area (TPSA) is 67.2 Å². The number of amides is 1. The Labute approximate surface area is 220 Å². The van der Waals surface area contributed by atoms with Gasteiger partial charge in [-0.15, -0.1) is 0 Å². The van der Waals surface area contributed by atoms with E-state index in [2.05, 4.69) is 42.0 Å². The Kier molecular flexibility index (Phi) is 6.14. The molecule has 2 saturated carbocycles. The largest absolute Gasteiger partial charge is 0.390 e. The van der Waals surface area contributed by atoms with Gasteiger partial charge in [0.15, 0.2) is 0 Å². The van der Waals surface area contributed by atoms with Crippen molar-refractivity contribution in [2.24, 2.45) is 16.7 Å². The third kappa shape index (κ3) is 3.68. The number of hydrogen-bond donors (Lipinski definition) is 2. The standard InChI is InChI=1S/C28H31BrClN3O2/c1-5-21-23(26(35)32-22-19-14-15-28(4,24(22)34)27(19,2)3)31-25(18-8-6-7-9-20(18)30)33(21)17-12-10-16(29)11-13-17/h6-13,19,22,24,34H,5,14-15H2,1-4H3,(H,32,35)/t19-,22-,24-,28+/m0/s1. The van der Waals surface area contributed by atoms with Crippen LogP contribution in [0.2, 0.25) is 5.02 Å². The maximum absolute atomic E-state index is 13.7. The summed E-state index contributed by atoms with van der Waals surface area (Å²) in [6.07, 6.45) is 2.01. The van der Waals surface area contributed by atoms with Crippen LogP contribution < -0.4 is 5.32 Å². The maximum atomic E-state index is 13.7. The molecule has 35 heavy (non-hydrogen) atoms. The van der Waals surface area contributed by atoms with Crippen LogP contribution in [-0.2, 0) is 6.42 Å². The lowest BCUT2D eigenvalue weighted by Crippen LogP contribution is -2.49. The van der Waals surface area contributed by atoms with E-state index in [1.807, 2.05) is 60.0 Å². The van der Waals surface area contributed by atoms with E-state index in [4.69, 9.17) is 16.6 Å². The van der Waals surface area contributed by atoms with E-state index >= 15 is 0 Å². The Balaban J connectivity index is 1.60. The van der Waals surface area contributed by atoms with Crippen molar-refractivity contribution in [2.75, 3.05) is 0 Å². The summed E-state index contributed by atoms with van der Waals surface area (Å²) in [6.45, 7) is 8.61. The highest BCUT2D eigenvalue weighted by Gasteiger charge is 2.66. The van der Waals surface area contributed by atoms with E-state index in [0.717, 1.165) is 34.3 Å². The van der Waals surface area contributed by atoms with Crippen LogP contribution in [-0.4, -0.2) is 32.7 Å². The van der Waals surface area contributed by atoms with Gasteiger partial charge >= 0.3 is 0 Å². The van der Waals surface area contributed by atoms with E-state index in [-0.39, 0.29) is 28.7 Å². The number of hydrogen-bond acceptors (Lipinski definition) is 3. The van der Waals surface area contributed by atoms with Gasteiger partial charge in [0.25, 0.3) is 5.91 Å². The van der Waals surface area contributed by atoms with Crippen LogP contribution in [0.15, 0.2) is 53.0 Å². The van der Waals surface area contributed by atoms with Crippen molar-refractivity contribution in [3.8, 4) is 17.1 Å². The molecule has 2 aliphatic carbocycles. The first-order chi connectivity index (χ1) is 16.6. The molecule has 5 rings (SSSR count). The van der Waals surface area contributed by atoms with Gasteiger partial charge in [0.1, 0.15) is 11.5 Å². The van der Waals surface area contributed by atoms with Crippen molar-refractivity contribution < 1.29 is 9.90 Å². The molecule has 2 bridgehead atoms. The van der Waals surface area contributed by atoms with Gasteiger partial charge in [-0.2, -0.15) is 0 Å². The van der Waals surface area contributed by atoms with Crippen LogP contribution in [0, 0.1) is 16.7 Å². The molecule has 0 radical (unpaired) electrons. The quantitative estimate of drug-likeness (QED) is 0.380. The molecule has 1 aromatic heterocycles. The second kappa shape index (κ2) is 8.75. The summed E-state index contributed by atoms with van der Waals surface area (Å²) in [5.74, 6) is 0.607. The van der Waals surface area contributed by atoms with Crippen molar-refractivity contribution in [1.29, 1.82) is 0 Å². The van der Waals surface area contributed by atoms with Gasteiger partial charge < -0.3 is 10.4 Å². The van der Waals surface area contributed by atoms with Crippen molar-refractivity contribution in [2.45, 2.75) is 59.1 Å². The normalized spacial score (nSPS) is 26.8. The fourth-order valence-electron chi connectivity index (χ4n) is 6.39. The van der Waals surface area contributed by atoms with Crippen molar-refractivity contribution >= 4 is 33.4 Å². The molecule has 0 saturated heterocycles. The number of rotatable bonds is 5. The zero-order chi connectivity index (χ0) is 25.1. The molecule has 0 aliphatic heterocycles. The highest BCUT2D eigenvalue weighted by atomic mass is 79.9. The Morgan fingerprint density at radius 2 is 1.89 bits per heavy atom. The minimum Gasteiger partial charge on any atom is -0.390 e. The zero-order valence-electron chi connectivity index (χ0n) is 20.5.